The van der Waals surface area contributed by atoms with Crippen LogP contribution >= 0.6 is 22.9 Å². The lowest BCUT2D eigenvalue weighted by Gasteiger charge is -1.97. The first kappa shape index (κ1) is 14.3. The van der Waals surface area contributed by atoms with Gasteiger partial charge in [0.25, 0.3) is 5.91 Å². The van der Waals surface area contributed by atoms with E-state index in [1.807, 2.05) is 12.1 Å². The SMILES string of the molecule is O=C(Nc1nnc(C2CC2)s1)c1cc(-c2cccc(Cl)c2)n[nH]1. The third-order valence-corrected chi connectivity index (χ3v) is 4.77. The highest BCUT2D eigenvalue weighted by Crippen LogP contribution is 2.42. The highest BCUT2D eigenvalue weighted by Gasteiger charge is 2.27. The molecule has 0 bridgehead atoms. The quantitative estimate of drug-likeness (QED) is 0.755. The smallest absolute Gasteiger partial charge is 0.275 e. The number of halogens is 1. The number of rotatable bonds is 4. The fourth-order valence-electron chi connectivity index (χ4n) is 2.18. The molecule has 2 heterocycles. The molecule has 0 radical (unpaired) electrons. The van der Waals surface area contributed by atoms with Crippen molar-refractivity contribution in [1.29, 1.82) is 0 Å². The van der Waals surface area contributed by atoms with E-state index in [4.69, 9.17) is 11.6 Å². The van der Waals surface area contributed by atoms with Crippen LogP contribution in [0.15, 0.2) is 30.3 Å². The van der Waals surface area contributed by atoms with Gasteiger partial charge in [-0.25, -0.2) is 0 Å². The maximum atomic E-state index is 12.3. The molecular weight excluding hydrogens is 334 g/mol. The van der Waals surface area contributed by atoms with E-state index in [-0.39, 0.29) is 5.91 Å². The number of aromatic amines is 1. The summed E-state index contributed by atoms with van der Waals surface area (Å²) in [4.78, 5) is 12.3. The summed E-state index contributed by atoms with van der Waals surface area (Å²) in [5.41, 5.74) is 1.87. The Balaban J connectivity index is 1.50. The summed E-state index contributed by atoms with van der Waals surface area (Å²) in [7, 11) is 0. The van der Waals surface area contributed by atoms with Crippen molar-refractivity contribution in [2.24, 2.45) is 0 Å². The third-order valence-electron chi connectivity index (χ3n) is 3.53. The van der Waals surface area contributed by atoms with Crippen molar-refractivity contribution in [3.63, 3.8) is 0 Å². The van der Waals surface area contributed by atoms with Crippen LogP contribution in [0.3, 0.4) is 0 Å². The first-order valence-corrected chi connectivity index (χ1v) is 8.34. The first-order valence-electron chi connectivity index (χ1n) is 7.15. The van der Waals surface area contributed by atoms with Crippen molar-refractivity contribution in [2.75, 3.05) is 5.32 Å². The fourth-order valence-corrected chi connectivity index (χ4v) is 3.28. The number of hydrogen-bond acceptors (Lipinski definition) is 5. The summed E-state index contributed by atoms with van der Waals surface area (Å²) in [5.74, 6) is 0.240. The number of aromatic nitrogens is 4. The van der Waals surface area contributed by atoms with Gasteiger partial charge < -0.3 is 0 Å². The maximum Gasteiger partial charge on any atom is 0.275 e. The number of hydrogen-bond donors (Lipinski definition) is 2. The number of nitrogens with zero attached hydrogens (tertiary/aromatic N) is 3. The Labute approximate surface area is 140 Å². The van der Waals surface area contributed by atoms with Crippen molar-refractivity contribution < 1.29 is 4.79 Å². The molecule has 0 atom stereocenters. The van der Waals surface area contributed by atoms with Crippen LogP contribution in [0, 0.1) is 0 Å². The Bertz CT molecular complexity index is 870. The fraction of sp³-hybridized carbons (Fsp3) is 0.200. The number of anilines is 1. The number of H-pyrrole nitrogens is 1. The van der Waals surface area contributed by atoms with E-state index in [9.17, 15) is 4.79 Å². The van der Waals surface area contributed by atoms with Crippen molar-refractivity contribution >= 4 is 34.0 Å². The van der Waals surface area contributed by atoms with E-state index in [1.54, 1.807) is 18.2 Å². The Morgan fingerprint density at radius 1 is 1.30 bits per heavy atom. The van der Waals surface area contributed by atoms with Gasteiger partial charge in [0.1, 0.15) is 10.7 Å². The molecule has 1 aromatic carbocycles. The molecule has 116 valence electrons. The molecule has 1 aliphatic carbocycles. The number of nitrogens with one attached hydrogen (secondary N) is 2. The lowest BCUT2D eigenvalue weighted by Crippen LogP contribution is -2.12. The van der Waals surface area contributed by atoms with Crippen LogP contribution in [-0.4, -0.2) is 26.3 Å². The van der Waals surface area contributed by atoms with Gasteiger partial charge in [-0.15, -0.1) is 10.2 Å². The zero-order chi connectivity index (χ0) is 15.8. The molecule has 6 nitrogen and oxygen atoms in total. The molecule has 1 amide bonds. The summed E-state index contributed by atoms with van der Waals surface area (Å²) in [6.45, 7) is 0. The van der Waals surface area contributed by atoms with Gasteiger partial charge in [-0.05, 0) is 31.0 Å². The second-order valence-electron chi connectivity index (χ2n) is 5.35. The molecule has 3 aromatic rings. The summed E-state index contributed by atoms with van der Waals surface area (Å²) < 4.78 is 0. The van der Waals surface area contributed by atoms with Crippen LogP contribution in [0.5, 0.6) is 0 Å². The van der Waals surface area contributed by atoms with Gasteiger partial charge in [0, 0.05) is 16.5 Å². The molecule has 23 heavy (non-hydrogen) atoms. The van der Waals surface area contributed by atoms with Crippen molar-refractivity contribution in [2.45, 2.75) is 18.8 Å². The van der Waals surface area contributed by atoms with Crippen molar-refractivity contribution in [3.05, 3.63) is 46.1 Å². The Kier molecular flexibility index (Phi) is 3.59. The second-order valence-corrected chi connectivity index (χ2v) is 6.80. The molecule has 1 aliphatic rings. The predicted molar refractivity (Wildman–Crippen MR) is 88.9 cm³/mol. The molecule has 0 saturated heterocycles. The zero-order valence-electron chi connectivity index (χ0n) is 11.9. The first-order chi connectivity index (χ1) is 11.2. The lowest BCUT2D eigenvalue weighted by molar-refractivity contribution is 0.102. The van der Waals surface area contributed by atoms with Gasteiger partial charge in [-0.3, -0.25) is 15.2 Å². The van der Waals surface area contributed by atoms with Gasteiger partial charge in [0.2, 0.25) is 5.13 Å². The molecule has 0 aliphatic heterocycles. The van der Waals surface area contributed by atoms with Crippen LogP contribution in [0.2, 0.25) is 5.02 Å². The van der Waals surface area contributed by atoms with Gasteiger partial charge in [-0.1, -0.05) is 35.1 Å². The van der Waals surface area contributed by atoms with Crippen LogP contribution in [0.4, 0.5) is 5.13 Å². The Morgan fingerprint density at radius 2 is 2.17 bits per heavy atom. The summed E-state index contributed by atoms with van der Waals surface area (Å²) in [6.07, 6.45) is 2.32. The molecule has 1 fully saturated rings. The second kappa shape index (κ2) is 5.75. The van der Waals surface area contributed by atoms with Crippen LogP contribution in [0.1, 0.15) is 34.3 Å². The van der Waals surface area contributed by atoms with Gasteiger partial charge >= 0.3 is 0 Å². The lowest BCUT2D eigenvalue weighted by atomic mass is 10.1. The number of benzene rings is 1. The number of carbonyl (C=O) groups excluding carboxylic acids is 1. The van der Waals surface area contributed by atoms with Gasteiger partial charge in [0.15, 0.2) is 0 Å². The average Bonchev–Trinajstić information content (AvgIpc) is 3.09. The van der Waals surface area contributed by atoms with Crippen LogP contribution < -0.4 is 5.32 Å². The zero-order valence-corrected chi connectivity index (χ0v) is 13.5. The number of carbonyl (C=O) groups is 1. The van der Waals surface area contributed by atoms with Crippen molar-refractivity contribution in [1.82, 2.24) is 20.4 Å². The predicted octanol–water partition coefficient (Wildman–Crippen LogP) is 3.71. The van der Waals surface area contributed by atoms with E-state index in [0.717, 1.165) is 23.4 Å². The summed E-state index contributed by atoms with van der Waals surface area (Å²) in [6, 6.07) is 9.00. The largest absolute Gasteiger partial charge is 0.295 e. The highest BCUT2D eigenvalue weighted by molar-refractivity contribution is 7.15. The monoisotopic (exact) mass is 345 g/mol. The van der Waals surface area contributed by atoms with E-state index in [2.05, 4.69) is 25.7 Å². The molecule has 0 spiro atoms. The van der Waals surface area contributed by atoms with Crippen LogP contribution in [0.25, 0.3) is 11.3 Å². The Hall–Kier alpha value is -2.25. The minimum absolute atomic E-state index is 0.288. The van der Waals surface area contributed by atoms with Crippen molar-refractivity contribution in [3.8, 4) is 11.3 Å². The normalized spacial score (nSPS) is 14.0. The standard InChI is InChI=1S/C15H12ClN5OS/c16-10-3-1-2-9(6-10)11-7-12(19-18-11)13(22)17-15-21-20-14(23-15)8-4-5-8/h1-3,6-8H,4-5H2,(H,18,19)(H,17,21,22). The maximum absolute atomic E-state index is 12.3. The topological polar surface area (TPSA) is 83.6 Å². The minimum atomic E-state index is -0.288. The summed E-state index contributed by atoms with van der Waals surface area (Å²) in [5, 5.41) is 19.9. The van der Waals surface area contributed by atoms with E-state index in [0.29, 0.717) is 27.5 Å². The van der Waals surface area contributed by atoms with Crippen LogP contribution in [-0.2, 0) is 0 Å². The van der Waals surface area contributed by atoms with E-state index < -0.39 is 0 Å². The minimum Gasteiger partial charge on any atom is -0.295 e. The average molecular weight is 346 g/mol. The third kappa shape index (κ3) is 3.11. The molecule has 8 heteroatoms. The molecular formula is C15H12ClN5OS. The van der Waals surface area contributed by atoms with Gasteiger partial charge in [0.05, 0.1) is 5.69 Å². The number of amides is 1. The molecule has 2 N–H and O–H groups in total. The Morgan fingerprint density at radius 3 is 2.96 bits per heavy atom. The summed E-state index contributed by atoms with van der Waals surface area (Å²) >= 11 is 7.40. The van der Waals surface area contributed by atoms with Gasteiger partial charge in [-0.2, -0.15) is 5.10 Å². The molecule has 1 saturated carbocycles. The molecule has 4 rings (SSSR count). The van der Waals surface area contributed by atoms with E-state index in [1.165, 1.54) is 11.3 Å². The van der Waals surface area contributed by atoms with E-state index >= 15 is 0 Å². The molecule has 2 aromatic heterocycles. The highest BCUT2D eigenvalue weighted by atomic mass is 35.5. The molecule has 0 unspecified atom stereocenters.